The highest BCUT2D eigenvalue weighted by Crippen LogP contribution is 2.34. The van der Waals surface area contributed by atoms with E-state index in [1.165, 1.54) is 0 Å². The van der Waals surface area contributed by atoms with Gasteiger partial charge in [-0.1, -0.05) is 72.8 Å². The molecule has 1 saturated heterocycles. The van der Waals surface area contributed by atoms with Crippen LogP contribution in [-0.2, 0) is 28.0 Å². The van der Waals surface area contributed by atoms with E-state index in [0.29, 0.717) is 6.61 Å². The number of benzene rings is 3. The minimum atomic E-state index is -3.59. The van der Waals surface area contributed by atoms with Crippen molar-refractivity contribution in [2.45, 2.75) is 24.4 Å². The van der Waals surface area contributed by atoms with Gasteiger partial charge in [-0.05, 0) is 28.8 Å². The Morgan fingerprint density at radius 2 is 1.55 bits per heavy atom. The number of rotatable bonds is 8. The van der Waals surface area contributed by atoms with Crippen molar-refractivity contribution in [1.29, 1.82) is 0 Å². The minimum Gasteiger partial charge on any atom is -0.489 e. The molecule has 3 aromatic rings. The Morgan fingerprint density at radius 3 is 2.19 bits per heavy atom. The third-order valence-corrected chi connectivity index (χ3v) is 7.11. The van der Waals surface area contributed by atoms with Crippen LogP contribution in [0.2, 0.25) is 0 Å². The number of hydrogen-bond acceptors (Lipinski definition) is 5. The van der Waals surface area contributed by atoms with E-state index in [0.717, 1.165) is 22.4 Å². The van der Waals surface area contributed by atoms with Crippen LogP contribution in [0, 0.1) is 0 Å². The maximum absolute atomic E-state index is 13.0. The Balaban J connectivity index is 1.44. The molecule has 3 aromatic carbocycles. The SMILES string of the molecule is CN1OC[C@H](S(=O)(=O)NCc2ccccc2)[C@H]1c1ccc(OCc2ccccc2)cc1. The predicted molar refractivity (Wildman–Crippen MR) is 120 cm³/mol. The van der Waals surface area contributed by atoms with Crippen LogP contribution < -0.4 is 9.46 Å². The number of sulfonamides is 1. The summed E-state index contributed by atoms with van der Waals surface area (Å²) in [5, 5.41) is 0.906. The monoisotopic (exact) mass is 438 g/mol. The molecule has 1 aliphatic rings. The fourth-order valence-electron chi connectivity index (χ4n) is 3.67. The van der Waals surface area contributed by atoms with Gasteiger partial charge in [0.15, 0.2) is 0 Å². The largest absolute Gasteiger partial charge is 0.489 e. The van der Waals surface area contributed by atoms with Crippen molar-refractivity contribution in [2.75, 3.05) is 13.7 Å². The first-order chi connectivity index (χ1) is 15.0. The van der Waals surface area contributed by atoms with Crippen LogP contribution in [0.5, 0.6) is 5.75 Å². The van der Waals surface area contributed by atoms with Gasteiger partial charge in [-0.15, -0.1) is 0 Å². The average molecular weight is 439 g/mol. The minimum absolute atomic E-state index is 0.109. The van der Waals surface area contributed by atoms with E-state index in [-0.39, 0.29) is 13.2 Å². The zero-order valence-corrected chi connectivity index (χ0v) is 18.2. The number of nitrogens with one attached hydrogen (secondary N) is 1. The molecule has 4 rings (SSSR count). The van der Waals surface area contributed by atoms with Crippen molar-refractivity contribution in [3.63, 3.8) is 0 Å². The molecule has 1 N–H and O–H groups in total. The number of ether oxygens (including phenoxy) is 1. The molecule has 0 aliphatic carbocycles. The normalized spacial score (nSPS) is 19.4. The highest BCUT2D eigenvalue weighted by atomic mass is 32.2. The molecule has 1 aliphatic heterocycles. The zero-order chi connectivity index (χ0) is 21.7. The van der Waals surface area contributed by atoms with Gasteiger partial charge < -0.3 is 4.74 Å². The van der Waals surface area contributed by atoms with E-state index in [9.17, 15) is 8.42 Å². The lowest BCUT2D eigenvalue weighted by Crippen LogP contribution is -2.39. The Morgan fingerprint density at radius 1 is 0.935 bits per heavy atom. The first-order valence-electron chi connectivity index (χ1n) is 10.2. The first kappa shape index (κ1) is 21.5. The molecule has 7 heteroatoms. The number of hydrogen-bond donors (Lipinski definition) is 1. The summed E-state index contributed by atoms with van der Waals surface area (Å²) in [6.07, 6.45) is 0. The molecule has 0 spiro atoms. The van der Waals surface area contributed by atoms with Crippen molar-refractivity contribution < 1.29 is 18.0 Å². The van der Waals surface area contributed by atoms with Crippen molar-refractivity contribution in [1.82, 2.24) is 9.79 Å². The fourth-order valence-corrected chi connectivity index (χ4v) is 5.16. The van der Waals surface area contributed by atoms with E-state index in [1.807, 2.05) is 84.9 Å². The molecule has 0 amide bonds. The van der Waals surface area contributed by atoms with Crippen LogP contribution in [0.25, 0.3) is 0 Å². The second-order valence-electron chi connectivity index (χ2n) is 7.52. The quantitative estimate of drug-likeness (QED) is 0.581. The van der Waals surface area contributed by atoms with E-state index >= 15 is 0 Å². The van der Waals surface area contributed by atoms with Crippen LogP contribution in [0.4, 0.5) is 0 Å². The highest BCUT2D eigenvalue weighted by molar-refractivity contribution is 7.90. The second kappa shape index (κ2) is 9.62. The molecule has 162 valence electrons. The van der Waals surface area contributed by atoms with Crippen LogP contribution in [0.1, 0.15) is 22.7 Å². The predicted octanol–water partition coefficient (Wildman–Crippen LogP) is 3.67. The zero-order valence-electron chi connectivity index (χ0n) is 17.3. The van der Waals surface area contributed by atoms with Gasteiger partial charge >= 0.3 is 0 Å². The van der Waals surface area contributed by atoms with E-state index in [2.05, 4.69) is 4.72 Å². The molecule has 2 atom stereocenters. The fraction of sp³-hybridized carbons (Fsp3) is 0.250. The third kappa shape index (κ3) is 5.32. The van der Waals surface area contributed by atoms with Gasteiger partial charge in [0.05, 0.1) is 12.6 Å². The third-order valence-electron chi connectivity index (χ3n) is 5.38. The summed E-state index contributed by atoms with van der Waals surface area (Å²) in [6, 6.07) is 26.5. The van der Waals surface area contributed by atoms with Gasteiger partial charge in [0, 0.05) is 13.6 Å². The van der Waals surface area contributed by atoms with Gasteiger partial charge in [-0.3, -0.25) is 4.84 Å². The first-order valence-corrected chi connectivity index (χ1v) is 11.7. The molecule has 1 fully saturated rings. The van der Waals surface area contributed by atoms with Crippen LogP contribution in [-0.4, -0.2) is 32.4 Å². The number of hydroxylamine groups is 2. The molecular formula is C24H26N2O4S. The van der Waals surface area contributed by atoms with Crippen LogP contribution in [0.15, 0.2) is 84.9 Å². The van der Waals surface area contributed by atoms with Gasteiger partial charge in [0.2, 0.25) is 10.0 Å². The van der Waals surface area contributed by atoms with Gasteiger partial charge in [-0.25, -0.2) is 13.1 Å². The van der Waals surface area contributed by atoms with Crippen LogP contribution in [0.3, 0.4) is 0 Å². The van der Waals surface area contributed by atoms with E-state index < -0.39 is 21.3 Å². The molecule has 0 aromatic heterocycles. The second-order valence-corrected chi connectivity index (χ2v) is 9.50. The Hall–Kier alpha value is -2.71. The van der Waals surface area contributed by atoms with Crippen molar-refractivity contribution in [3.05, 3.63) is 102 Å². The summed E-state index contributed by atoms with van der Waals surface area (Å²) in [4.78, 5) is 5.59. The molecule has 0 radical (unpaired) electrons. The summed E-state index contributed by atoms with van der Waals surface area (Å²) in [6.45, 7) is 0.840. The molecule has 31 heavy (non-hydrogen) atoms. The Labute approximate surface area is 183 Å². The lowest BCUT2D eigenvalue weighted by Gasteiger charge is -2.23. The Kier molecular flexibility index (Phi) is 6.67. The number of nitrogens with zero attached hydrogens (tertiary/aromatic N) is 1. The maximum Gasteiger partial charge on any atom is 0.219 e. The van der Waals surface area contributed by atoms with Crippen molar-refractivity contribution in [2.24, 2.45) is 0 Å². The summed E-state index contributed by atoms with van der Waals surface area (Å²) in [5.74, 6) is 0.732. The molecule has 0 bridgehead atoms. The molecule has 0 unspecified atom stereocenters. The van der Waals surface area contributed by atoms with E-state index in [1.54, 1.807) is 12.1 Å². The molecule has 1 heterocycles. The summed E-state index contributed by atoms with van der Waals surface area (Å²) >= 11 is 0. The molecule has 0 saturated carbocycles. The Bertz CT molecular complexity index is 1070. The van der Waals surface area contributed by atoms with Crippen LogP contribution >= 0.6 is 0 Å². The molecular weight excluding hydrogens is 412 g/mol. The average Bonchev–Trinajstić information content (AvgIpc) is 3.20. The van der Waals surface area contributed by atoms with Gasteiger partial charge in [0.25, 0.3) is 0 Å². The highest BCUT2D eigenvalue weighted by Gasteiger charge is 2.43. The summed E-state index contributed by atoms with van der Waals surface area (Å²) in [7, 11) is -1.83. The van der Waals surface area contributed by atoms with E-state index in [4.69, 9.17) is 9.57 Å². The maximum atomic E-state index is 13.0. The molecule has 6 nitrogen and oxygen atoms in total. The van der Waals surface area contributed by atoms with Gasteiger partial charge in [0.1, 0.15) is 17.6 Å². The van der Waals surface area contributed by atoms with Crippen molar-refractivity contribution >= 4 is 10.0 Å². The standard InChI is InChI=1S/C24H26N2O4S/c1-26-24(21-12-14-22(15-13-21)29-17-20-10-6-3-7-11-20)23(18-30-26)31(27,28)25-16-19-8-4-2-5-9-19/h2-15,23-25H,16-18H2,1H3/t23-,24+/m0/s1. The van der Waals surface area contributed by atoms with Crippen molar-refractivity contribution in [3.8, 4) is 5.75 Å². The van der Waals surface area contributed by atoms with Gasteiger partial charge in [-0.2, -0.15) is 5.06 Å². The topological polar surface area (TPSA) is 67.9 Å². The summed E-state index contributed by atoms with van der Waals surface area (Å²) in [5.41, 5.74) is 2.86. The summed E-state index contributed by atoms with van der Waals surface area (Å²) < 4.78 is 34.6. The lowest BCUT2D eigenvalue weighted by atomic mass is 10.0. The smallest absolute Gasteiger partial charge is 0.219 e. The lowest BCUT2D eigenvalue weighted by molar-refractivity contribution is -0.110.